The SMILES string of the molecule is CO[NH+]([O-])C1CCC2OC2C1. The molecule has 0 aromatic rings. The Labute approximate surface area is 65.6 Å². The van der Waals surface area contributed by atoms with Gasteiger partial charge in [-0.2, -0.15) is 0 Å². The van der Waals surface area contributed by atoms with E-state index in [2.05, 4.69) is 4.84 Å². The second kappa shape index (κ2) is 2.71. The summed E-state index contributed by atoms with van der Waals surface area (Å²) in [5.41, 5.74) is 0. The van der Waals surface area contributed by atoms with Gasteiger partial charge in [-0.1, -0.05) is 0 Å². The quantitative estimate of drug-likeness (QED) is 0.426. The zero-order chi connectivity index (χ0) is 7.84. The highest BCUT2D eigenvalue weighted by Crippen LogP contribution is 2.35. The van der Waals surface area contributed by atoms with E-state index in [0.717, 1.165) is 19.3 Å². The summed E-state index contributed by atoms with van der Waals surface area (Å²) in [5, 5.41) is 11.0. The molecule has 1 aliphatic heterocycles. The average molecular weight is 159 g/mol. The third-order valence-corrected chi connectivity index (χ3v) is 2.54. The lowest BCUT2D eigenvalue weighted by atomic mass is 9.96. The summed E-state index contributed by atoms with van der Waals surface area (Å²) in [4.78, 5) is 4.66. The molecule has 11 heavy (non-hydrogen) atoms. The van der Waals surface area contributed by atoms with Crippen LogP contribution in [-0.4, -0.2) is 25.4 Å². The Balaban J connectivity index is 1.84. The highest BCUT2D eigenvalue weighted by atomic mass is 16.9. The van der Waals surface area contributed by atoms with Crippen molar-refractivity contribution in [2.75, 3.05) is 7.11 Å². The second-order valence-corrected chi connectivity index (χ2v) is 3.25. The van der Waals surface area contributed by atoms with Gasteiger partial charge >= 0.3 is 0 Å². The second-order valence-electron chi connectivity index (χ2n) is 3.25. The summed E-state index contributed by atoms with van der Waals surface area (Å²) in [6.07, 6.45) is 3.68. The van der Waals surface area contributed by atoms with Gasteiger partial charge in [-0.25, -0.2) is 10.1 Å². The highest BCUT2D eigenvalue weighted by molar-refractivity contribution is 4.91. The van der Waals surface area contributed by atoms with Crippen molar-refractivity contribution < 1.29 is 14.8 Å². The lowest BCUT2D eigenvalue weighted by Gasteiger charge is -2.28. The molecule has 0 radical (unpaired) electrons. The molecular weight excluding hydrogens is 146 g/mol. The molecule has 2 fully saturated rings. The maximum Gasteiger partial charge on any atom is 0.120 e. The maximum absolute atomic E-state index is 11.1. The summed E-state index contributed by atoms with van der Waals surface area (Å²) in [6, 6.07) is 0.101. The van der Waals surface area contributed by atoms with Gasteiger partial charge in [0.05, 0.1) is 19.3 Å². The van der Waals surface area contributed by atoms with Crippen molar-refractivity contribution in [2.24, 2.45) is 0 Å². The number of fused-ring (bicyclic) bond motifs is 1. The Hall–Kier alpha value is -0.160. The molecule has 2 rings (SSSR count). The van der Waals surface area contributed by atoms with E-state index in [9.17, 15) is 5.21 Å². The molecule has 0 bridgehead atoms. The van der Waals surface area contributed by atoms with E-state index in [-0.39, 0.29) is 11.3 Å². The zero-order valence-electron chi connectivity index (χ0n) is 6.58. The van der Waals surface area contributed by atoms with Crippen molar-refractivity contribution in [3.63, 3.8) is 0 Å². The number of ether oxygens (including phenoxy) is 1. The van der Waals surface area contributed by atoms with Gasteiger partial charge in [0, 0.05) is 12.8 Å². The first kappa shape index (κ1) is 7.49. The fourth-order valence-electron chi connectivity index (χ4n) is 1.78. The van der Waals surface area contributed by atoms with Crippen molar-refractivity contribution in [3.05, 3.63) is 5.21 Å². The zero-order valence-corrected chi connectivity index (χ0v) is 6.58. The first-order chi connectivity index (χ1) is 5.31. The van der Waals surface area contributed by atoms with Gasteiger partial charge in [0.25, 0.3) is 0 Å². The standard InChI is InChI=1S/C7H13NO3/c1-10-8(9)5-2-3-6-7(4-5)11-6/h5-8H,2-4H2,1H3. The van der Waals surface area contributed by atoms with Crippen LogP contribution in [-0.2, 0) is 9.57 Å². The Bertz CT molecular complexity index is 153. The molecular formula is C7H13NO3. The van der Waals surface area contributed by atoms with E-state index in [1.807, 2.05) is 0 Å². The van der Waals surface area contributed by atoms with Crippen LogP contribution in [0.3, 0.4) is 0 Å². The molecule has 64 valence electrons. The van der Waals surface area contributed by atoms with E-state index < -0.39 is 0 Å². The minimum Gasteiger partial charge on any atom is -0.600 e. The molecule has 0 aromatic heterocycles. The van der Waals surface area contributed by atoms with Gasteiger partial charge in [-0.3, -0.25) is 0 Å². The smallest absolute Gasteiger partial charge is 0.120 e. The van der Waals surface area contributed by atoms with Crippen LogP contribution in [0, 0.1) is 5.21 Å². The van der Waals surface area contributed by atoms with E-state index in [1.54, 1.807) is 0 Å². The Morgan fingerprint density at radius 2 is 2.27 bits per heavy atom. The first-order valence-electron chi connectivity index (χ1n) is 4.04. The number of quaternary nitrogens is 1. The number of epoxide rings is 1. The molecule has 4 heteroatoms. The Kier molecular flexibility index (Phi) is 1.85. The van der Waals surface area contributed by atoms with E-state index in [1.165, 1.54) is 7.11 Å². The molecule has 0 spiro atoms. The Morgan fingerprint density at radius 1 is 1.45 bits per heavy atom. The predicted molar refractivity (Wildman–Crippen MR) is 37.6 cm³/mol. The van der Waals surface area contributed by atoms with Crippen molar-refractivity contribution in [3.8, 4) is 0 Å². The fraction of sp³-hybridized carbons (Fsp3) is 1.00. The number of nitrogens with one attached hydrogen (secondary N) is 1. The summed E-state index contributed by atoms with van der Waals surface area (Å²) in [6.45, 7) is 0. The van der Waals surface area contributed by atoms with Crippen LogP contribution in [0.2, 0.25) is 0 Å². The Morgan fingerprint density at radius 3 is 2.91 bits per heavy atom. The van der Waals surface area contributed by atoms with Crippen LogP contribution in [0.5, 0.6) is 0 Å². The molecule has 1 heterocycles. The first-order valence-corrected chi connectivity index (χ1v) is 4.04. The largest absolute Gasteiger partial charge is 0.600 e. The minimum atomic E-state index is -0.0704. The van der Waals surface area contributed by atoms with Crippen LogP contribution in [0.25, 0.3) is 0 Å². The number of hydroxylamine groups is 2. The van der Waals surface area contributed by atoms with Crippen LogP contribution >= 0.6 is 0 Å². The summed E-state index contributed by atoms with van der Waals surface area (Å²) in [5.74, 6) is 0. The molecule has 4 atom stereocenters. The van der Waals surface area contributed by atoms with Crippen molar-refractivity contribution >= 4 is 0 Å². The van der Waals surface area contributed by atoms with E-state index in [4.69, 9.17) is 4.74 Å². The van der Waals surface area contributed by atoms with Gasteiger partial charge in [0.1, 0.15) is 6.04 Å². The number of hydrogen-bond donors (Lipinski definition) is 1. The third-order valence-electron chi connectivity index (χ3n) is 2.54. The number of rotatable bonds is 2. The van der Waals surface area contributed by atoms with Crippen LogP contribution in [0.1, 0.15) is 19.3 Å². The summed E-state index contributed by atoms with van der Waals surface area (Å²) in [7, 11) is 1.45. The van der Waals surface area contributed by atoms with Gasteiger partial charge < -0.3 is 9.94 Å². The third kappa shape index (κ3) is 1.39. The lowest BCUT2D eigenvalue weighted by molar-refractivity contribution is -1.07. The van der Waals surface area contributed by atoms with Gasteiger partial charge in [-0.05, 0) is 6.42 Å². The molecule has 1 saturated carbocycles. The minimum absolute atomic E-state index is 0.0704. The predicted octanol–water partition coefficient (Wildman–Crippen LogP) is -0.750. The normalized spacial score (nSPS) is 44.7. The highest BCUT2D eigenvalue weighted by Gasteiger charge is 2.46. The van der Waals surface area contributed by atoms with E-state index in [0.29, 0.717) is 12.2 Å². The monoisotopic (exact) mass is 159 g/mol. The molecule has 4 nitrogen and oxygen atoms in total. The van der Waals surface area contributed by atoms with Gasteiger partial charge in [-0.15, -0.1) is 0 Å². The van der Waals surface area contributed by atoms with Crippen molar-refractivity contribution in [2.45, 2.75) is 37.5 Å². The van der Waals surface area contributed by atoms with Crippen LogP contribution in [0.15, 0.2) is 0 Å². The summed E-state index contributed by atoms with van der Waals surface area (Å²) >= 11 is 0. The van der Waals surface area contributed by atoms with Crippen molar-refractivity contribution in [1.29, 1.82) is 0 Å². The van der Waals surface area contributed by atoms with Crippen LogP contribution in [0.4, 0.5) is 0 Å². The topological polar surface area (TPSA) is 49.3 Å². The molecule has 4 unspecified atom stereocenters. The maximum atomic E-state index is 11.1. The number of hydrogen-bond acceptors (Lipinski definition) is 3. The fourth-order valence-corrected chi connectivity index (χ4v) is 1.78. The molecule has 1 aliphatic carbocycles. The lowest BCUT2D eigenvalue weighted by Crippen LogP contribution is -3.10. The molecule has 0 aromatic carbocycles. The molecule has 0 amide bonds. The average Bonchev–Trinajstić information content (AvgIpc) is 2.80. The van der Waals surface area contributed by atoms with Gasteiger partial charge in [0.15, 0.2) is 0 Å². The van der Waals surface area contributed by atoms with Crippen LogP contribution < -0.4 is 5.23 Å². The molecule has 2 aliphatic rings. The molecule has 1 N–H and O–H groups in total. The van der Waals surface area contributed by atoms with E-state index >= 15 is 0 Å². The van der Waals surface area contributed by atoms with Gasteiger partial charge in [0.2, 0.25) is 0 Å². The molecule has 1 saturated heterocycles. The van der Waals surface area contributed by atoms with Crippen molar-refractivity contribution in [1.82, 2.24) is 0 Å². The summed E-state index contributed by atoms with van der Waals surface area (Å²) < 4.78 is 5.29.